The van der Waals surface area contributed by atoms with Crippen molar-refractivity contribution in [3.8, 4) is 6.07 Å². The Bertz CT molecular complexity index is 478. The summed E-state index contributed by atoms with van der Waals surface area (Å²) in [5.41, 5.74) is 2.50. The molecule has 0 unspecified atom stereocenters. The zero-order chi connectivity index (χ0) is 13.0. The van der Waals surface area contributed by atoms with E-state index in [1.807, 2.05) is 12.1 Å². The van der Waals surface area contributed by atoms with E-state index in [9.17, 15) is 4.79 Å². The van der Waals surface area contributed by atoms with Gasteiger partial charge in [-0.2, -0.15) is 5.26 Å². The summed E-state index contributed by atoms with van der Waals surface area (Å²) in [6.45, 7) is 1.23. The zero-order valence-electron chi connectivity index (χ0n) is 10.5. The van der Waals surface area contributed by atoms with Crippen LogP contribution < -0.4 is 5.32 Å². The van der Waals surface area contributed by atoms with E-state index >= 15 is 0 Å². The molecule has 1 aromatic carbocycles. The first kappa shape index (κ1) is 12.6. The summed E-state index contributed by atoms with van der Waals surface area (Å²) in [4.78, 5) is 13.8. The van der Waals surface area contributed by atoms with Crippen molar-refractivity contribution in [1.82, 2.24) is 10.2 Å². The lowest BCUT2D eigenvalue weighted by molar-refractivity contribution is -0.132. The molecule has 0 saturated carbocycles. The summed E-state index contributed by atoms with van der Waals surface area (Å²) >= 11 is 0. The van der Waals surface area contributed by atoms with Gasteiger partial charge >= 0.3 is 0 Å². The van der Waals surface area contributed by atoms with Gasteiger partial charge in [0.05, 0.1) is 18.5 Å². The number of hydrogen-bond acceptors (Lipinski definition) is 3. The lowest BCUT2D eigenvalue weighted by Gasteiger charge is -2.28. The molecule has 1 amide bonds. The van der Waals surface area contributed by atoms with Crippen molar-refractivity contribution in [3.05, 3.63) is 35.4 Å². The summed E-state index contributed by atoms with van der Waals surface area (Å²) in [5.74, 6) is 0.0692. The van der Waals surface area contributed by atoms with E-state index in [-0.39, 0.29) is 11.9 Å². The summed E-state index contributed by atoms with van der Waals surface area (Å²) in [6.07, 6.45) is 1.11. The molecule has 0 aromatic heterocycles. The average molecular weight is 243 g/mol. The molecule has 1 heterocycles. The van der Waals surface area contributed by atoms with Gasteiger partial charge in [0.25, 0.3) is 0 Å². The molecule has 1 aliphatic rings. The quantitative estimate of drug-likeness (QED) is 0.864. The highest BCUT2D eigenvalue weighted by atomic mass is 16.2. The van der Waals surface area contributed by atoms with Crippen molar-refractivity contribution < 1.29 is 4.79 Å². The molecule has 2 rings (SSSR count). The number of amides is 1. The highest BCUT2D eigenvalue weighted by Crippen LogP contribution is 2.17. The van der Waals surface area contributed by atoms with Crippen LogP contribution in [-0.2, 0) is 17.8 Å². The molecular formula is C14H17N3O. The zero-order valence-corrected chi connectivity index (χ0v) is 10.5. The lowest BCUT2D eigenvalue weighted by atomic mass is 9.95. The van der Waals surface area contributed by atoms with Crippen molar-refractivity contribution in [2.75, 3.05) is 13.6 Å². The maximum absolute atomic E-state index is 12.2. The minimum Gasteiger partial charge on any atom is -0.343 e. The van der Waals surface area contributed by atoms with Gasteiger partial charge < -0.3 is 10.2 Å². The number of nitriles is 1. The molecule has 0 spiro atoms. The van der Waals surface area contributed by atoms with Crippen LogP contribution in [0.5, 0.6) is 0 Å². The minimum atomic E-state index is -0.163. The van der Waals surface area contributed by atoms with Crippen LogP contribution >= 0.6 is 0 Å². The molecule has 1 atom stereocenters. The molecule has 0 bridgehead atoms. The molecule has 0 radical (unpaired) electrons. The average Bonchev–Trinajstić information content (AvgIpc) is 2.43. The monoisotopic (exact) mass is 243 g/mol. The van der Waals surface area contributed by atoms with E-state index < -0.39 is 0 Å². The predicted molar refractivity (Wildman–Crippen MR) is 68.6 cm³/mol. The van der Waals surface area contributed by atoms with E-state index in [4.69, 9.17) is 5.26 Å². The van der Waals surface area contributed by atoms with Crippen molar-refractivity contribution in [2.45, 2.75) is 25.4 Å². The summed E-state index contributed by atoms with van der Waals surface area (Å²) < 4.78 is 0. The van der Waals surface area contributed by atoms with E-state index in [0.717, 1.165) is 13.0 Å². The van der Waals surface area contributed by atoms with Gasteiger partial charge in [-0.3, -0.25) is 4.79 Å². The molecule has 0 aliphatic carbocycles. The molecule has 18 heavy (non-hydrogen) atoms. The Labute approximate surface area is 107 Å². The van der Waals surface area contributed by atoms with Gasteiger partial charge in [0.2, 0.25) is 5.91 Å². The maximum Gasteiger partial charge on any atom is 0.239 e. The number of fused-ring (bicyclic) bond motifs is 1. The van der Waals surface area contributed by atoms with Crippen LogP contribution in [-0.4, -0.2) is 30.4 Å². The Morgan fingerprint density at radius 1 is 1.50 bits per heavy atom. The molecule has 1 aliphatic heterocycles. The maximum atomic E-state index is 12.2. The number of hydrogen-bond donors (Lipinski definition) is 1. The van der Waals surface area contributed by atoms with Crippen LogP contribution in [0.15, 0.2) is 24.3 Å². The fourth-order valence-corrected chi connectivity index (χ4v) is 2.22. The van der Waals surface area contributed by atoms with Gasteiger partial charge in [-0.25, -0.2) is 0 Å². The van der Waals surface area contributed by atoms with Gasteiger partial charge in [-0.15, -0.1) is 0 Å². The van der Waals surface area contributed by atoms with Crippen LogP contribution in [0.25, 0.3) is 0 Å². The molecule has 1 N–H and O–H groups in total. The van der Waals surface area contributed by atoms with Gasteiger partial charge in [-0.1, -0.05) is 24.3 Å². The standard InChI is InChI=1S/C14H17N3O/c1-17(8-4-7-15)14(18)13-9-11-5-2-3-6-12(11)10-16-13/h2-3,5-6,13,16H,4,8-10H2,1H3/t13-/m1/s1. The number of rotatable bonds is 3. The third-order valence-electron chi connectivity index (χ3n) is 3.31. The van der Waals surface area contributed by atoms with E-state index in [1.165, 1.54) is 11.1 Å². The Morgan fingerprint density at radius 3 is 2.94 bits per heavy atom. The first-order valence-corrected chi connectivity index (χ1v) is 6.14. The lowest BCUT2D eigenvalue weighted by Crippen LogP contribution is -2.48. The molecule has 0 fully saturated rings. The Hall–Kier alpha value is -1.86. The highest BCUT2D eigenvalue weighted by molar-refractivity contribution is 5.82. The number of carbonyl (C=O) groups is 1. The number of carbonyl (C=O) groups excluding carboxylic acids is 1. The third kappa shape index (κ3) is 2.69. The Balaban J connectivity index is 2.00. The Kier molecular flexibility index (Phi) is 3.96. The Morgan fingerprint density at radius 2 is 2.22 bits per heavy atom. The van der Waals surface area contributed by atoms with Gasteiger partial charge in [0.1, 0.15) is 0 Å². The SMILES string of the molecule is CN(CCC#N)C(=O)[C@H]1Cc2ccccc2CN1. The minimum absolute atomic E-state index is 0.0692. The van der Waals surface area contributed by atoms with Crippen LogP contribution in [0.4, 0.5) is 0 Å². The second-order valence-electron chi connectivity index (χ2n) is 4.57. The van der Waals surface area contributed by atoms with Crippen LogP contribution in [0.2, 0.25) is 0 Å². The second-order valence-corrected chi connectivity index (χ2v) is 4.57. The number of benzene rings is 1. The van der Waals surface area contributed by atoms with Crippen LogP contribution in [0.3, 0.4) is 0 Å². The molecule has 0 saturated heterocycles. The number of nitrogens with zero attached hydrogens (tertiary/aromatic N) is 2. The largest absolute Gasteiger partial charge is 0.343 e. The first-order chi connectivity index (χ1) is 8.72. The first-order valence-electron chi connectivity index (χ1n) is 6.14. The molecular weight excluding hydrogens is 226 g/mol. The third-order valence-corrected chi connectivity index (χ3v) is 3.31. The second kappa shape index (κ2) is 5.65. The molecule has 94 valence electrons. The summed E-state index contributed by atoms with van der Waals surface area (Å²) in [6, 6.07) is 10.1. The topological polar surface area (TPSA) is 56.1 Å². The van der Waals surface area contributed by atoms with Crippen molar-refractivity contribution in [1.29, 1.82) is 5.26 Å². The number of nitrogens with one attached hydrogen (secondary N) is 1. The smallest absolute Gasteiger partial charge is 0.239 e. The summed E-state index contributed by atoms with van der Waals surface area (Å²) in [5, 5.41) is 11.8. The predicted octanol–water partition coefficient (Wildman–Crippen LogP) is 1.07. The number of likely N-dealkylation sites (N-methyl/N-ethyl adjacent to an activating group) is 1. The van der Waals surface area contributed by atoms with E-state index in [0.29, 0.717) is 13.0 Å². The van der Waals surface area contributed by atoms with Gasteiger partial charge in [0, 0.05) is 20.1 Å². The van der Waals surface area contributed by atoms with Gasteiger partial charge in [-0.05, 0) is 17.5 Å². The molecule has 4 heteroatoms. The van der Waals surface area contributed by atoms with Gasteiger partial charge in [0.15, 0.2) is 0 Å². The summed E-state index contributed by atoms with van der Waals surface area (Å²) in [7, 11) is 1.75. The molecule has 4 nitrogen and oxygen atoms in total. The van der Waals surface area contributed by atoms with Crippen LogP contribution in [0.1, 0.15) is 17.5 Å². The van der Waals surface area contributed by atoms with Crippen molar-refractivity contribution in [3.63, 3.8) is 0 Å². The highest BCUT2D eigenvalue weighted by Gasteiger charge is 2.25. The fraction of sp³-hybridized carbons (Fsp3) is 0.429. The van der Waals surface area contributed by atoms with E-state index in [1.54, 1.807) is 11.9 Å². The fourth-order valence-electron chi connectivity index (χ4n) is 2.22. The van der Waals surface area contributed by atoms with Crippen molar-refractivity contribution in [2.24, 2.45) is 0 Å². The van der Waals surface area contributed by atoms with Crippen LogP contribution in [0, 0.1) is 11.3 Å². The van der Waals surface area contributed by atoms with Crippen molar-refractivity contribution >= 4 is 5.91 Å². The normalized spacial score (nSPS) is 17.7. The molecule has 1 aromatic rings. The van der Waals surface area contributed by atoms with E-state index in [2.05, 4.69) is 23.5 Å².